The van der Waals surface area contributed by atoms with Crippen molar-refractivity contribution < 1.29 is 0 Å². The highest BCUT2D eigenvalue weighted by atomic mass is 79.9. The van der Waals surface area contributed by atoms with E-state index in [9.17, 15) is 0 Å². The van der Waals surface area contributed by atoms with E-state index in [2.05, 4.69) is 47.3 Å². The zero-order chi connectivity index (χ0) is 10.6. The summed E-state index contributed by atoms with van der Waals surface area (Å²) in [5, 5.41) is 0. The third kappa shape index (κ3) is 2.80. The summed E-state index contributed by atoms with van der Waals surface area (Å²) in [6, 6.07) is 8.50. The summed E-state index contributed by atoms with van der Waals surface area (Å²) >= 11 is 3.46. The molecule has 0 bridgehead atoms. The van der Waals surface area contributed by atoms with Crippen LogP contribution in [0.5, 0.6) is 0 Å². The average molecular weight is 257 g/mol. The molecule has 2 nitrogen and oxygen atoms in total. The highest BCUT2D eigenvalue weighted by Crippen LogP contribution is 2.25. The molecule has 0 spiro atoms. The zero-order valence-electron chi connectivity index (χ0n) is 8.63. The van der Waals surface area contributed by atoms with Gasteiger partial charge >= 0.3 is 0 Å². The van der Waals surface area contributed by atoms with Gasteiger partial charge in [-0.05, 0) is 23.6 Å². The van der Waals surface area contributed by atoms with Crippen LogP contribution < -0.4 is 11.3 Å². The Bertz CT molecular complexity index is 288. The molecule has 0 aliphatic heterocycles. The molecule has 1 rings (SSSR count). The van der Waals surface area contributed by atoms with Crippen LogP contribution in [0.1, 0.15) is 31.9 Å². The summed E-state index contributed by atoms with van der Waals surface area (Å²) in [7, 11) is 0. The van der Waals surface area contributed by atoms with Gasteiger partial charge in [0, 0.05) is 10.5 Å². The number of hydrogen-bond donors (Lipinski definition) is 2. The summed E-state index contributed by atoms with van der Waals surface area (Å²) in [4.78, 5) is 0. The highest BCUT2D eigenvalue weighted by Gasteiger charge is 2.15. The second-order valence-electron chi connectivity index (χ2n) is 3.58. The lowest BCUT2D eigenvalue weighted by atomic mass is 9.93. The topological polar surface area (TPSA) is 38.0 Å². The van der Waals surface area contributed by atoms with Crippen molar-refractivity contribution in [1.29, 1.82) is 0 Å². The summed E-state index contributed by atoms with van der Waals surface area (Å²) in [5.41, 5.74) is 4.11. The minimum atomic E-state index is 0.234. The van der Waals surface area contributed by atoms with Crippen LogP contribution in [-0.2, 0) is 0 Å². The number of hydrazine groups is 1. The first-order valence-electron chi connectivity index (χ1n) is 4.90. The van der Waals surface area contributed by atoms with E-state index in [-0.39, 0.29) is 6.04 Å². The van der Waals surface area contributed by atoms with Crippen LogP contribution in [-0.4, -0.2) is 0 Å². The van der Waals surface area contributed by atoms with Gasteiger partial charge < -0.3 is 0 Å². The zero-order valence-corrected chi connectivity index (χ0v) is 10.2. The number of nitrogens with two attached hydrogens (primary N) is 1. The van der Waals surface area contributed by atoms with Crippen LogP contribution >= 0.6 is 15.9 Å². The van der Waals surface area contributed by atoms with Crippen LogP contribution in [0.3, 0.4) is 0 Å². The third-order valence-electron chi connectivity index (χ3n) is 2.60. The predicted octanol–water partition coefficient (Wildman–Crippen LogP) is 3.00. The largest absolute Gasteiger partial charge is 0.271 e. The number of rotatable bonds is 4. The molecule has 3 N–H and O–H groups in total. The van der Waals surface area contributed by atoms with Gasteiger partial charge in [-0.15, -0.1) is 0 Å². The summed E-state index contributed by atoms with van der Waals surface area (Å²) in [6.45, 7) is 4.37. The van der Waals surface area contributed by atoms with E-state index in [1.807, 2.05) is 12.1 Å². The fourth-order valence-corrected chi connectivity index (χ4v) is 1.94. The molecular formula is C11H17BrN2. The molecule has 0 heterocycles. The fraction of sp³-hybridized carbons (Fsp3) is 0.455. The second kappa shape index (κ2) is 5.49. The van der Waals surface area contributed by atoms with Gasteiger partial charge in [-0.2, -0.15) is 0 Å². The van der Waals surface area contributed by atoms with Crippen molar-refractivity contribution in [3.05, 3.63) is 34.3 Å². The fourth-order valence-electron chi connectivity index (χ4n) is 1.52. The van der Waals surface area contributed by atoms with Gasteiger partial charge in [0.25, 0.3) is 0 Å². The number of halogens is 1. The van der Waals surface area contributed by atoms with Crippen molar-refractivity contribution in [3.63, 3.8) is 0 Å². The maximum atomic E-state index is 5.57. The molecule has 1 aromatic carbocycles. The third-order valence-corrected chi connectivity index (χ3v) is 3.09. The normalized spacial score (nSPS) is 15.1. The van der Waals surface area contributed by atoms with Gasteiger partial charge in [-0.25, -0.2) is 0 Å². The Morgan fingerprint density at radius 1 is 1.50 bits per heavy atom. The van der Waals surface area contributed by atoms with Crippen molar-refractivity contribution in [2.45, 2.75) is 26.3 Å². The lowest BCUT2D eigenvalue weighted by Gasteiger charge is -2.22. The second-order valence-corrected chi connectivity index (χ2v) is 4.50. The molecule has 0 aromatic heterocycles. The molecular weight excluding hydrogens is 240 g/mol. The first-order valence-corrected chi connectivity index (χ1v) is 5.70. The molecule has 0 radical (unpaired) electrons. The molecule has 2 atom stereocenters. The Morgan fingerprint density at radius 2 is 2.21 bits per heavy atom. The summed E-state index contributed by atoms with van der Waals surface area (Å²) < 4.78 is 1.10. The number of hydrogen-bond acceptors (Lipinski definition) is 2. The van der Waals surface area contributed by atoms with Gasteiger partial charge in [-0.3, -0.25) is 11.3 Å². The molecule has 0 saturated carbocycles. The Balaban J connectivity index is 2.89. The van der Waals surface area contributed by atoms with Gasteiger partial charge in [0.05, 0.1) is 0 Å². The summed E-state index contributed by atoms with van der Waals surface area (Å²) in [6.07, 6.45) is 1.11. The van der Waals surface area contributed by atoms with Gasteiger partial charge in [0.1, 0.15) is 0 Å². The van der Waals surface area contributed by atoms with Gasteiger partial charge in [0.2, 0.25) is 0 Å². The van der Waals surface area contributed by atoms with E-state index < -0.39 is 0 Å². The van der Waals surface area contributed by atoms with E-state index in [4.69, 9.17) is 5.84 Å². The monoisotopic (exact) mass is 256 g/mol. The van der Waals surface area contributed by atoms with E-state index in [0.717, 1.165) is 10.9 Å². The first-order chi connectivity index (χ1) is 6.69. The number of nitrogens with one attached hydrogen (secondary N) is 1. The smallest absolute Gasteiger partial charge is 0.0485 e. The predicted molar refractivity (Wildman–Crippen MR) is 63.7 cm³/mol. The van der Waals surface area contributed by atoms with Crippen molar-refractivity contribution >= 4 is 15.9 Å². The van der Waals surface area contributed by atoms with E-state index in [1.165, 1.54) is 5.56 Å². The maximum absolute atomic E-state index is 5.57. The minimum absolute atomic E-state index is 0.234. The van der Waals surface area contributed by atoms with Crippen molar-refractivity contribution in [2.75, 3.05) is 0 Å². The molecule has 0 saturated heterocycles. The van der Waals surface area contributed by atoms with Gasteiger partial charge in [0.15, 0.2) is 0 Å². The first kappa shape index (κ1) is 11.7. The Hall–Kier alpha value is -0.380. The van der Waals surface area contributed by atoms with Crippen LogP contribution in [0.25, 0.3) is 0 Å². The van der Waals surface area contributed by atoms with Crippen molar-refractivity contribution in [1.82, 2.24) is 5.43 Å². The molecule has 0 fully saturated rings. The number of benzene rings is 1. The average Bonchev–Trinajstić information content (AvgIpc) is 2.19. The molecule has 14 heavy (non-hydrogen) atoms. The van der Waals surface area contributed by atoms with Crippen LogP contribution in [0.15, 0.2) is 28.7 Å². The van der Waals surface area contributed by atoms with Gasteiger partial charge in [-0.1, -0.05) is 48.3 Å². The molecule has 0 aliphatic rings. The summed E-state index contributed by atoms with van der Waals surface area (Å²) in [5.74, 6) is 6.10. The molecule has 0 aliphatic carbocycles. The highest BCUT2D eigenvalue weighted by molar-refractivity contribution is 9.10. The van der Waals surface area contributed by atoms with E-state index in [0.29, 0.717) is 5.92 Å². The van der Waals surface area contributed by atoms with E-state index in [1.54, 1.807) is 0 Å². The quantitative estimate of drug-likeness (QED) is 0.642. The Morgan fingerprint density at radius 3 is 2.71 bits per heavy atom. The molecule has 3 heteroatoms. The van der Waals surface area contributed by atoms with Crippen molar-refractivity contribution in [3.8, 4) is 0 Å². The minimum Gasteiger partial charge on any atom is -0.271 e. The lowest BCUT2D eigenvalue weighted by Crippen LogP contribution is -2.32. The SMILES string of the molecule is CCC(C)C(NN)c1cccc(Br)c1. The maximum Gasteiger partial charge on any atom is 0.0485 e. The molecule has 78 valence electrons. The van der Waals surface area contributed by atoms with Crippen molar-refractivity contribution in [2.24, 2.45) is 11.8 Å². The standard InChI is InChI=1S/C11H17BrN2/c1-3-8(2)11(14-13)9-5-4-6-10(12)7-9/h4-8,11,14H,3,13H2,1-2H3. The molecule has 0 amide bonds. The Labute approximate surface area is 94.0 Å². The van der Waals surface area contributed by atoms with Crippen LogP contribution in [0.4, 0.5) is 0 Å². The van der Waals surface area contributed by atoms with Crippen LogP contribution in [0.2, 0.25) is 0 Å². The Kier molecular flexibility index (Phi) is 4.58. The van der Waals surface area contributed by atoms with Crippen LogP contribution in [0, 0.1) is 5.92 Å². The van der Waals surface area contributed by atoms with E-state index >= 15 is 0 Å². The lowest BCUT2D eigenvalue weighted by molar-refractivity contribution is 0.383. The molecule has 2 unspecified atom stereocenters. The molecule has 1 aromatic rings.